The van der Waals surface area contributed by atoms with Crippen LogP contribution in [-0.2, 0) is 11.2 Å². The molecule has 3 aromatic heterocycles. The molecule has 0 spiro atoms. The average Bonchev–Trinajstić information content (AvgIpc) is 3.28. The molecule has 1 amide bonds. The van der Waals surface area contributed by atoms with E-state index in [-0.39, 0.29) is 18.4 Å². The van der Waals surface area contributed by atoms with Gasteiger partial charge in [0.25, 0.3) is 0 Å². The van der Waals surface area contributed by atoms with Crippen LogP contribution in [0.2, 0.25) is 0 Å². The Kier molecular flexibility index (Phi) is 4.63. The number of nitrogens with zero attached hydrogens (tertiary/aromatic N) is 2. The molecule has 0 saturated heterocycles. The van der Waals surface area contributed by atoms with E-state index in [1.165, 1.54) is 4.88 Å². The lowest BCUT2D eigenvalue weighted by atomic mass is 10.2. The molecule has 0 aliphatic rings. The van der Waals surface area contributed by atoms with Crippen LogP contribution in [0.3, 0.4) is 0 Å². The zero-order valence-electron chi connectivity index (χ0n) is 13.3. The number of aromatic nitrogens is 1. The first-order chi connectivity index (χ1) is 11.1. The van der Waals surface area contributed by atoms with Crippen LogP contribution in [0.1, 0.15) is 29.3 Å². The Balaban J connectivity index is 1.73. The molecule has 0 aliphatic heterocycles. The predicted molar refractivity (Wildman–Crippen MR) is 93.8 cm³/mol. The molecule has 3 aromatic rings. The molecule has 0 radical (unpaired) electrons. The lowest BCUT2D eigenvalue weighted by Gasteiger charge is -2.23. The number of carbonyl (C=O) groups excluding carboxylic acids is 1. The van der Waals surface area contributed by atoms with E-state index in [1.807, 2.05) is 49.2 Å². The second kappa shape index (κ2) is 6.68. The van der Waals surface area contributed by atoms with Gasteiger partial charge in [-0.05, 0) is 36.7 Å². The predicted octanol–water partition coefficient (Wildman–Crippen LogP) is 4.54. The van der Waals surface area contributed by atoms with Crippen molar-refractivity contribution < 1.29 is 9.21 Å². The highest BCUT2D eigenvalue weighted by Gasteiger charge is 2.21. The van der Waals surface area contributed by atoms with Crippen LogP contribution in [-0.4, -0.2) is 22.8 Å². The van der Waals surface area contributed by atoms with E-state index in [4.69, 9.17) is 4.42 Å². The Morgan fingerprint density at radius 3 is 2.87 bits per heavy atom. The largest absolute Gasteiger partial charge is 0.441 e. The first kappa shape index (κ1) is 16.0. The van der Waals surface area contributed by atoms with Gasteiger partial charge in [-0.3, -0.25) is 4.79 Å². The zero-order valence-corrected chi connectivity index (χ0v) is 14.9. The van der Waals surface area contributed by atoms with Gasteiger partial charge in [-0.2, -0.15) is 11.3 Å². The van der Waals surface area contributed by atoms with Crippen molar-refractivity contribution in [3.05, 3.63) is 50.7 Å². The van der Waals surface area contributed by atoms with Crippen molar-refractivity contribution in [2.24, 2.45) is 0 Å². The van der Waals surface area contributed by atoms with Gasteiger partial charge in [0.1, 0.15) is 5.76 Å². The van der Waals surface area contributed by atoms with Gasteiger partial charge in [0, 0.05) is 22.9 Å². The highest BCUT2D eigenvalue weighted by molar-refractivity contribution is 7.10. The van der Waals surface area contributed by atoms with Crippen molar-refractivity contribution in [3.63, 3.8) is 0 Å². The first-order valence-corrected chi connectivity index (χ1v) is 9.16. The van der Waals surface area contributed by atoms with Crippen LogP contribution in [0.25, 0.3) is 11.5 Å². The van der Waals surface area contributed by atoms with Crippen molar-refractivity contribution in [3.8, 4) is 11.5 Å². The molecule has 0 aliphatic carbocycles. The van der Waals surface area contributed by atoms with Crippen LogP contribution < -0.4 is 0 Å². The second-order valence-corrected chi connectivity index (χ2v) is 7.17. The van der Waals surface area contributed by atoms with Crippen LogP contribution in [0.5, 0.6) is 0 Å². The summed E-state index contributed by atoms with van der Waals surface area (Å²) in [7, 11) is 1.84. The molecule has 1 atom stereocenters. The summed E-state index contributed by atoms with van der Waals surface area (Å²) in [6.45, 7) is 3.89. The number of aryl methyl sites for hydroxylation is 1. The Morgan fingerprint density at radius 2 is 2.22 bits per heavy atom. The number of likely N-dealkylation sites (N-methyl/N-ethyl adjacent to an activating group) is 1. The molecule has 0 unspecified atom stereocenters. The molecule has 4 nitrogen and oxygen atoms in total. The van der Waals surface area contributed by atoms with Crippen molar-refractivity contribution in [2.75, 3.05) is 7.05 Å². The number of rotatable bonds is 5. The van der Waals surface area contributed by atoms with Gasteiger partial charge >= 0.3 is 0 Å². The Hall–Kier alpha value is -1.92. The minimum atomic E-state index is 0.0409. The average molecular weight is 346 g/mol. The minimum absolute atomic E-state index is 0.0409. The van der Waals surface area contributed by atoms with Gasteiger partial charge in [0.05, 0.1) is 18.2 Å². The van der Waals surface area contributed by atoms with E-state index < -0.39 is 0 Å². The minimum Gasteiger partial charge on any atom is -0.441 e. The smallest absolute Gasteiger partial charge is 0.228 e. The van der Waals surface area contributed by atoms with Crippen LogP contribution in [0, 0.1) is 6.92 Å². The zero-order chi connectivity index (χ0) is 16.4. The van der Waals surface area contributed by atoms with Gasteiger partial charge < -0.3 is 9.32 Å². The SMILES string of the molecule is Cc1oc(-c2ccsc2)nc1CC(=O)N(C)[C@H](C)c1cccs1. The summed E-state index contributed by atoms with van der Waals surface area (Å²) in [6.07, 6.45) is 0.256. The number of hydrogen-bond donors (Lipinski definition) is 0. The van der Waals surface area contributed by atoms with Crippen molar-refractivity contribution in [1.82, 2.24) is 9.88 Å². The molecule has 23 heavy (non-hydrogen) atoms. The summed E-state index contributed by atoms with van der Waals surface area (Å²) < 4.78 is 5.70. The standard InChI is InChI=1S/C17H18N2O2S2/c1-11(15-5-4-7-23-15)19(3)16(20)9-14-12(2)21-17(18-14)13-6-8-22-10-13/h4-8,10-11H,9H2,1-3H3/t11-/m1/s1. The van der Waals surface area contributed by atoms with E-state index in [1.54, 1.807) is 27.6 Å². The summed E-state index contributed by atoms with van der Waals surface area (Å²) in [5.74, 6) is 1.33. The number of thiophene rings is 2. The lowest BCUT2D eigenvalue weighted by molar-refractivity contribution is -0.131. The summed E-state index contributed by atoms with van der Waals surface area (Å²) in [6, 6.07) is 6.08. The normalized spacial score (nSPS) is 12.3. The number of amides is 1. The molecule has 120 valence electrons. The maximum atomic E-state index is 12.5. The molecule has 3 rings (SSSR count). The molecule has 0 saturated carbocycles. The third kappa shape index (κ3) is 3.38. The summed E-state index contributed by atoms with van der Waals surface area (Å²) in [5, 5.41) is 6.00. The van der Waals surface area contributed by atoms with E-state index >= 15 is 0 Å². The highest BCUT2D eigenvalue weighted by Crippen LogP contribution is 2.26. The maximum Gasteiger partial charge on any atom is 0.228 e. The fourth-order valence-corrected chi connectivity index (χ4v) is 3.76. The van der Waals surface area contributed by atoms with Crippen molar-refractivity contribution in [2.45, 2.75) is 26.3 Å². The van der Waals surface area contributed by atoms with Crippen molar-refractivity contribution in [1.29, 1.82) is 0 Å². The van der Waals surface area contributed by atoms with E-state index in [2.05, 4.69) is 11.1 Å². The topological polar surface area (TPSA) is 46.3 Å². The van der Waals surface area contributed by atoms with Gasteiger partial charge in [0.15, 0.2) is 0 Å². The molecule has 0 N–H and O–H groups in total. The van der Waals surface area contributed by atoms with E-state index in [9.17, 15) is 4.79 Å². The van der Waals surface area contributed by atoms with Crippen LogP contribution in [0.4, 0.5) is 0 Å². The van der Waals surface area contributed by atoms with Crippen molar-refractivity contribution >= 4 is 28.6 Å². The fourth-order valence-electron chi connectivity index (χ4n) is 2.31. The molecule has 3 heterocycles. The number of oxazole rings is 1. The van der Waals surface area contributed by atoms with Crippen LogP contribution >= 0.6 is 22.7 Å². The maximum absolute atomic E-state index is 12.5. The van der Waals surface area contributed by atoms with Crippen LogP contribution in [0.15, 0.2) is 38.8 Å². The van der Waals surface area contributed by atoms with Gasteiger partial charge in [-0.15, -0.1) is 11.3 Å². The Labute approximate surface area is 143 Å². The third-order valence-electron chi connectivity index (χ3n) is 3.91. The Morgan fingerprint density at radius 1 is 1.39 bits per heavy atom. The highest BCUT2D eigenvalue weighted by atomic mass is 32.1. The molecule has 6 heteroatoms. The number of carbonyl (C=O) groups is 1. The quantitative estimate of drug-likeness (QED) is 0.681. The third-order valence-corrected chi connectivity index (χ3v) is 5.63. The first-order valence-electron chi connectivity index (χ1n) is 7.34. The molecular weight excluding hydrogens is 328 g/mol. The van der Waals surface area contributed by atoms with E-state index in [0.717, 1.165) is 5.56 Å². The fraction of sp³-hybridized carbons (Fsp3) is 0.294. The molecule has 0 fully saturated rings. The molecular formula is C17H18N2O2S2. The van der Waals surface area contributed by atoms with Gasteiger partial charge in [0.2, 0.25) is 11.8 Å². The Bertz CT molecular complexity index is 776. The molecule has 0 bridgehead atoms. The van der Waals surface area contributed by atoms with Gasteiger partial charge in [-0.25, -0.2) is 4.98 Å². The number of hydrogen-bond acceptors (Lipinski definition) is 5. The summed E-state index contributed by atoms with van der Waals surface area (Å²) in [5.41, 5.74) is 1.67. The van der Waals surface area contributed by atoms with Gasteiger partial charge in [-0.1, -0.05) is 6.07 Å². The molecule has 0 aromatic carbocycles. The summed E-state index contributed by atoms with van der Waals surface area (Å²) in [4.78, 5) is 20.0. The monoisotopic (exact) mass is 346 g/mol. The van der Waals surface area contributed by atoms with E-state index in [0.29, 0.717) is 17.3 Å². The second-order valence-electron chi connectivity index (χ2n) is 5.41. The lowest BCUT2D eigenvalue weighted by Crippen LogP contribution is -2.30. The summed E-state index contributed by atoms with van der Waals surface area (Å²) >= 11 is 3.26.